The van der Waals surface area contributed by atoms with Gasteiger partial charge >= 0.3 is 0 Å². The number of halogens is 2. The first-order valence-corrected chi connectivity index (χ1v) is 9.28. The summed E-state index contributed by atoms with van der Waals surface area (Å²) >= 11 is 5.75. The summed E-state index contributed by atoms with van der Waals surface area (Å²) < 4.78 is 38.8. The average molecular weight is 385 g/mol. The predicted octanol–water partition coefficient (Wildman–Crippen LogP) is 2.98. The second-order valence-corrected chi connectivity index (χ2v) is 8.04. The van der Waals surface area contributed by atoms with E-state index in [1.807, 2.05) is 0 Å². The second kappa shape index (κ2) is 7.95. The Morgan fingerprint density at radius 3 is 2.28 bits per heavy atom. The van der Waals surface area contributed by atoms with Crippen molar-refractivity contribution in [2.75, 3.05) is 13.6 Å². The lowest BCUT2D eigenvalue weighted by atomic mass is 10.1. The van der Waals surface area contributed by atoms with Gasteiger partial charge < -0.3 is 5.32 Å². The molecule has 0 aliphatic heterocycles. The molecule has 2 aromatic carbocycles. The fourth-order valence-electron chi connectivity index (χ4n) is 2.20. The highest BCUT2D eigenvalue weighted by Gasteiger charge is 2.23. The van der Waals surface area contributed by atoms with Crippen LogP contribution < -0.4 is 5.32 Å². The van der Waals surface area contributed by atoms with Crippen molar-refractivity contribution in [2.45, 2.75) is 17.9 Å². The molecule has 1 unspecified atom stereocenters. The number of amides is 1. The van der Waals surface area contributed by atoms with Crippen LogP contribution in [-0.4, -0.2) is 32.2 Å². The van der Waals surface area contributed by atoms with Crippen molar-refractivity contribution in [2.24, 2.45) is 0 Å². The number of nitrogens with zero attached hydrogens (tertiary/aromatic N) is 1. The lowest BCUT2D eigenvalue weighted by Crippen LogP contribution is -2.39. The lowest BCUT2D eigenvalue weighted by molar-refractivity contribution is -0.121. The number of sulfonamides is 1. The van der Waals surface area contributed by atoms with Gasteiger partial charge in [-0.05, 0) is 48.9 Å². The summed E-state index contributed by atoms with van der Waals surface area (Å²) in [6.45, 7) is 1.40. The molecule has 5 nitrogen and oxygen atoms in total. The van der Waals surface area contributed by atoms with Crippen molar-refractivity contribution < 1.29 is 17.6 Å². The zero-order valence-corrected chi connectivity index (χ0v) is 15.3. The number of likely N-dealkylation sites (N-methyl/N-ethyl adjacent to an activating group) is 1. The minimum absolute atomic E-state index is 0.0544. The van der Waals surface area contributed by atoms with Crippen molar-refractivity contribution in [3.05, 3.63) is 64.9 Å². The van der Waals surface area contributed by atoms with Gasteiger partial charge in [0.2, 0.25) is 15.9 Å². The summed E-state index contributed by atoms with van der Waals surface area (Å²) in [5.74, 6) is -0.826. The Bertz CT molecular complexity index is 839. The molecule has 0 aliphatic carbocycles. The van der Waals surface area contributed by atoms with Crippen LogP contribution in [0.5, 0.6) is 0 Å². The first-order chi connectivity index (χ1) is 11.7. The molecule has 134 valence electrons. The Kier molecular flexibility index (Phi) is 6.16. The summed E-state index contributed by atoms with van der Waals surface area (Å²) in [5, 5.41) is 3.11. The highest BCUT2D eigenvalue weighted by Crippen LogP contribution is 2.18. The number of nitrogens with one attached hydrogen (secondary N) is 1. The second-order valence-electron chi connectivity index (χ2n) is 5.56. The Morgan fingerprint density at radius 1 is 1.16 bits per heavy atom. The molecule has 2 rings (SSSR count). The smallest absolute Gasteiger partial charge is 0.243 e. The molecule has 0 saturated heterocycles. The van der Waals surface area contributed by atoms with E-state index >= 15 is 0 Å². The van der Waals surface area contributed by atoms with E-state index < -0.39 is 15.9 Å². The van der Waals surface area contributed by atoms with E-state index in [2.05, 4.69) is 5.32 Å². The Labute approximate surface area is 151 Å². The van der Waals surface area contributed by atoms with Crippen LogP contribution in [-0.2, 0) is 14.8 Å². The molecule has 1 amide bonds. The van der Waals surface area contributed by atoms with Gasteiger partial charge in [0.05, 0.1) is 17.5 Å². The normalized spacial score (nSPS) is 12.8. The van der Waals surface area contributed by atoms with Crippen LogP contribution in [0.25, 0.3) is 0 Å². The largest absolute Gasteiger partial charge is 0.348 e. The van der Waals surface area contributed by atoms with Gasteiger partial charge in [0.1, 0.15) is 5.82 Å². The minimum Gasteiger partial charge on any atom is -0.348 e. The van der Waals surface area contributed by atoms with E-state index in [4.69, 9.17) is 11.6 Å². The van der Waals surface area contributed by atoms with Crippen LogP contribution in [0.1, 0.15) is 18.5 Å². The molecule has 0 heterocycles. The van der Waals surface area contributed by atoms with Crippen LogP contribution in [0.15, 0.2) is 53.4 Å². The van der Waals surface area contributed by atoms with Gasteiger partial charge in [-0.15, -0.1) is 0 Å². The fourth-order valence-corrected chi connectivity index (χ4v) is 3.45. The van der Waals surface area contributed by atoms with E-state index in [0.29, 0.717) is 5.02 Å². The summed E-state index contributed by atoms with van der Waals surface area (Å²) in [6, 6.07) is 11.1. The van der Waals surface area contributed by atoms with Crippen LogP contribution in [0.4, 0.5) is 4.39 Å². The van der Waals surface area contributed by atoms with Gasteiger partial charge in [-0.1, -0.05) is 23.7 Å². The minimum atomic E-state index is -3.79. The number of carbonyl (C=O) groups excluding carboxylic acids is 1. The maximum absolute atomic E-state index is 12.9. The molecule has 0 spiro atoms. The number of carbonyl (C=O) groups is 1. The summed E-state index contributed by atoms with van der Waals surface area (Å²) in [6.07, 6.45) is 0. The van der Waals surface area contributed by atoms with Crippen LogP contribution in [0.2, 0.25) is 5.02 Å². The van der Waals surface area contributed by atoms with Crippen molar-refractivity contribution >= 4 is 27.5 Å². The molecule has 0 fully saturated rings. The number of hydrogen-bond donors (Lipinski definition) is 1. The summed E-state index contributed by atoms with van der Waals surface area (Å²) in [7, 11) is -2.47. The van der Waals surface area contributed by atoms with E-state index in [1.165, 1.54) is 43.4 Å². The topological polar surface area (TPSA) is 66.5 Å². The van der Waals surface area contributed by atoms with Crippen molar-refractivity contribution in [1.82, 2.24) is 9.62 Å². The number of hydrogen-bond acceptors (Lipinski definition) is 3. The third-order valence-corrected chi connectivity index (χ3v) is 5.71. The molecular formula is C17H18ClFN2O3S. The van der Waals surface area contributed by atoms with Crippen molar-refractivity contribution in [3.8, 4) is 0 Å². The highest BCUT2D eigenvalue weighted by molar-refractivity contribution is 7.89. The molecule has 0 radical (unpaired) electrons. The molecule has 8 heteroatoms. The molecule has 2 aromatic rings. The zero-order valence-electron chi connectivity index (χ0n) is 13.7. The van der Waals surface area contributed by atoms with Gasteiger partial charge in [-0.2, -0.15) is 4.31 Å². The summed E-state index contributed by atoms with van der Waals surface area (Å²) in [5.41, 5.74) is 0.720. The fraction of sp³-hybridized carbons (Fsp3) is 0.235. The van der Waals surface area contributed by atoms with Crippen LogP contribution >= 0.6 is 11.6 Å². The Morgan fingerprint density at radius 2 is 1.72 bits per heavy atom. The molecule has 0 aromatic heterocycles. The molecule has 0 bridgehead atoms. The average Bonchev–Trinajstić information content (AvgIpc) is 2.55. The first-order valence-electron chi connectivity index (χ1n) is 7.47. The highest BCUT2D eigenvalue weighted by atomic mass is 35.5. The predicted molar refractivity (Wildman–Crippen MR) is 94.2 cm³/mol. The third kappa shape index (κ3) is 5.01. The summed E-state index contributed by atoms with van der Waals surface area (Å²) in [4.78, 5) is 12.2. The van der Waals surface area contributed by atoms with Crippen molar-refractivity contribution in [3.63, 3.8) is 0 Å². The molecule has 0 aliphatic rings. The maximum atomic E-state index is 12.9. The van der Waals surface area contributed by atoms with E-state index in [-0.39, 0.29) is 23.3 Å². The van der Waals surface area contributed by atoms with Crippen LogP contribution in [0, 0.1) is 5.82 Å². The van der Waals surface area contributed by atoms with Gasteiger partial charge in [0, 0.05) is 12.1 Å². The van der Waals surface area contributed by atoms with Gasteiger partial charge in [0.15, 0.2) is 0 Å². The molecular weight excluding hydrogens is 367 g/mol. The monoisotopic (exact) mass is 384 g/mol. The number of benzene rings is 2. The molecule has 25 heavy (non-hydrogen) atoms. The van der Waals surface area contributed by atoms with Crippen molar-refractivity contribution in [1.29, 1.82) is 0 Å². The Balaban J connectivity index is 2.01. The van der Waals surface area contributed by atoms with E-state index in [9.17, 15) is 17.6 Å². The van der Waals surface area contributed by atoms with Gasteiger partial charge in [-0.25, -0.2) is 12.8 Å². The van der Waals surface area contributed by atoms with Gasteiger partial charge in [0.25, 0.3) is 0 Å². The quantitative estimate of drug-likeness (QED) is 0.832. The van der Waals surface area contributed by atoms with E-state index in [0.717, 1.165) is 9.87 Å². The van der Waals surface area contributed by atoms with Gasteiger partial charge in [-0.3, -0.25) is 4.79 Å². The number of rotatable bonds is 6. The lowest BCUT2D eigenvalue weighted by Gasteiger charge is -2.19. The molecule has 0 saturated carbocycles. The third-order valence-electron chi connectivity index (χ3n) is 3.64. The maximum Gasteiger partial charge on any atom is 0.243 e. The van der Waals surface area contributed by atoms with Crippen LogP contribution in [0.3, 0.4) is 0 Å². The SMILES string of the molecule is CC(NC(=O)CN(C)S(=O)(=O)c1ccc(Cl)cc1)c1ccc(F)cc1. The Hall–Kier alpha value is -1.96. The first kappa shape index (κ1) is 19.4. The zero-order chi connectivity index (χ0) is 18.6. The standard InChI is InChI=1S/C17H18ClFN2O3S/c1-12(13-3-7-15(19)8-4-13)20-17(22)11-21(2)25(23,24)16-9-5-14(18)6-10-16/h3-10,12H,11H2,1-2H3,(H,20,22). The molecule has 1 atom stereocenters. The molecule has 1 N–H and O–H groups in total. The van der Waals surface area contributed by atoms with E-state index in [1.54, 1.807) is 19.1 Å².